The highest BCUT2D eigenvalue weighted by atomic mass is 16.4. The van der Waals surface area contributed by atoms with E-state index in [4.69, 9.17) is 5.11 Å². The molecule has 0 bridgehead atoms. The van der Waals surface area contributed by atoms with Crippen LogP contribution in [0.2, 0.25) is 0 Å². The van der Waals surface area contributed by atoms with Gasteiger partial charge in [-0.25, -0.2) is 0 Å². The fourth-order valence-corrected chi connectivity index (χ4v) is 3.66. The van der Waals surface area contributed by atoms with Gasteiger partial charge in [0.05, 0.1) is 0 Å². The number of carbonyl (C=O) groups excluding carboxylic acids is 1. The third kappa shape index (κ3) is 6.85. The summed E-state index contributed by atoms with van der Waals surface area (Å²) < 4.78 is 0. The number of aromatic nitrogens is 1. The molecule has 4 heteroatoms. The molecule has 0 radical (unpaired) electrons. The zero-order valence-corrected chi connectivity index (χ0v) is 16.6. The first kappa shape index (κ1) is 21.2. The molecule has 0 saturated carbocycles. The summed E-state index contributed by atoms with van der Waals surface area (Å²) in [6, 6.07) is 7.85. The quantitative estimate of drug-likeness (QED) is 0.303. The molecule has 0 amide bonds. The Kier molecular flexibility index (Phi) is 9.09. The highest BCUT2D eigenvalue weighted by Crippen LogP contribution is 2.26. The first-order valence-electron chi connectivity index (χ1n) is 10.5. The minimum absolute atomic E-state index is 0.126. The number of rotatable bonds is 14. The van der Waals surface area contributed by atoms with E-state index in [0.29, 0.717) is 19.3 Å². The number of ketones is 1. The second kappa shape index (κ2) is 11.6. The number of aromatic amines is 1. The van der Waals surface area contributed by atoms with E-state index in [-0.39, 0.29) is 12.2 Å². The maximum atomic E-state index is 12.9. The summed E-state index contributed by atoms with van der Waals surface area (Å²) in [6.45, 7) is 2.23. The lowest BCUT2D eigenvalue weighted by Crippen LogP contribution is -2.04. The summed E-state index contributed by atoms with van der Waals surface area (Å²) >= 11 is 0. The van der Waals surface area contributed by atoms with Gasteiger partial charge in [0.2, 0.25) is 0 Å². The Morgan fingerprint density at radius 3 is 2.26 bits per heavy atom. The molecule has 2 N–H and O–H groups in total. The van der Waals surface area contributed by atoms with Crippen molar-refractivity contribution >= 4 is 22.7 Å². The van der Waals surface area contributed by atoms with Crippen LogP contribution in [0.3, 0.4) is 0 Å². The third-order valence-corrected chi connectivity index (χ3v) is 5.14. The van der Waals surface area contributed by atoms with Gasteiger partial charge in [-0.3, -0.25) is 9.59 Å². The molecule has 0 unspecified atom stereocenters. The molecule has 0 atom stereocenters. The molecule has 1 aromatic carbocycles. The lowest BCUT2D eigenvalue weighted by Gasteiger charge is -2.05. The summed E-state index contributed by atoms with van der Waals surface area (Å²) in [7, 11) is 0. The van der Waals surface area contributed by atoms with Crippen molar-refractivity contribution < 1.29 is 14.7 Å². The van der Waals surface area contributed by atoms with Crippen molar-refractivity contribution in [1.29, 1.82) is 0 Å². The van der Waals surface area contributed by atoms with E-state index in [1.54, 1.807) is 0 Å². The van der Waals surface area contributed by atoms with Crippen LogP contribution in [-0.2, 0) is 11.2 Å². The summed E-state index contributed by atoms with van der Waals surface area (Å²) in [5.41, 5.74) is 2.63. The second-order valence-electron chi connectivity index (χ2n) is 7.42. The van der Waals surface area contributed by atoms with Crippen LogP contribution in [0, 0.1) is 0 Å². The summed E-state index contributed by atoms with van der Waals surface area (Å²) in [5, 5.41) is 9.83. The zero-order valence-electron chi connectivity index (χ0n) is 16.6. The monoisotopic (exact) mass is 371 g/mol. The number of carbonyl (C=O) groups is 2. The van der Waals surface area contributed by atoms with Crippen LogP contribution in [-0.4, -0.2) is 21.8 Å². The molecule has 1 aromatic heterocycles. The van der Waals surface area contributed by atoms with Gasteiger partial charge in [0.15, 0.2) is 5.78 Å². The second-order valence-corrected chi connectivity index (χ2v) is 7.42. The van der Waals surface area contributed by atoms with Gasteiger partial charge in [-0.1, -0.05) is 70.1 Å². The van der Waals surface area contributed by atoms with E-state index in [2.05, 4.69) is 11.9 Å². The van der Waals surface area contributed by atoms with E-state index >= 15 is 0 Å². The Bertz CT molecular complexity index is 732. The maximum absolute atomic E-state index is 12.9. The molecule has 4 nitrogen and oxygen atoms in total. The first-order valence-corrected chi connectivity index (χ1v) is 10.5. The lowest BCUT2D eigenvalue weighted by atomic mass is 9.98. The van der Waals surface area contributed by atoms with Gasteiger partial charge >= 0.3 is 5.97 Å². The molecule has 0 aliphatic carbocycles. The molecule has 2 rings (SSSR count). The Morgan fingerprint density at radius 2 is 1.56 bits per heavy atom. The van der Waals surface area contributed by atoms with Crippen molar-refractivity contribution in [2.75, 3.05) is 0 Å². The molecular formula is C23H33NO3. The van der Waals surface area contributed by atoms with Crippen molar-refractivity contribution in [3.63, 3.8) is 0 Å². The predicted molar refractivity (Wildman–Crippen MR) is 110 cm³/mol. The number of para-hydroxylation sites is 1. The number of aliphatic carboxylic acids is 1. The third-order valence-electron chi connectivity index (χ3n) is 5.14. The minimum Gasteiger partial charge on any atom is -0.481 e. The molecule has 1 heterocycles. The number of Topliss-reactive ketones (excluding diaryl/α,β-unsaturated/α-hetero) is 1. The lowest BCUT2D eigenvalue weighted by molar-refractivity contribution is -0.137. The SMILES string of the molecule is CCCCCCCCCCC(=O)c1c(CCCC(=O)O)[nH]c2ccccc12. The first-order chi connectivity index (χ1) is 13.1. The molecule has 27 heavy (non-hydrogen) atoms. The van der Waals surface area contributed by atoms with Gasteiger partial charge in [0.1, 0.15) is 0 Å². The average molecular weight is 372 g/mol. The number of benzene rings is 1. The minimum atomic E-state index is -0.794. The molecule has 0 saturated heterocycles. The molecule has 0 fully saturated rings. The van der Waals surface area contributed by atoms with Crippen LogP contribution in [0.15, 0.2) is 24.3 Å². The van der Waals surface area contributed by atoms with E-state index in [1.165, 1.54) is 38.5 Å². The number of carboxylic acids is 1. The van der Waals surface area contributed by atoms with Crippen molar-refractivity contribution in [3.8, 4) is 0 Å². The normalized spacial score (nSPS) is 11.1. The van der Waals surface area contributed by atoms with Crippen LogP contribution >= 0.6 is 0 Å². The van der Waals surface area contributed by atoms with Gasteiger partial charge in [0, 0.05) is 35.0 Å². The molecule has 148 valence electrons. The predicted octanol–water partition coefficient (Wildman–Crippen LogP) is 6.29. The van der Waals surface area contributed by atoms with Crippen molar-refractivity contribution in [2.45, 2.75) is 84.0 Å². The Hall–Kier alpha value is -2.10. The molecule has 0 aliphatic rings. The number of unbranched alkanes of at least 4 members (excludes halogenated alkanes) is 7. The molecular weight excluding hydrogens is 338 g/mol. The average Bonchev–Trinajstić information content (AvgIpc) is 3.01. The van der Waals surface area contributed by atoms with Crippen LogP contribution in [0.1, 0.15) is 93.6 Å². The summed E-state index contributed by atoms with van der Waals surface area (Å²) in [6.07, 6.45) is 11.6. The number of carboxylic acid groups (broad SMARTS) is 1. The number of hydrogen-bond acceptors (Lipinski definition) is 2. The molecule has 0 aliphatic heterocycles. The number of aryl methyl sites for hydroxylation is 1. The van der Waals surface area contributed by atoms with E-state index in [1.807, 2.05) is 24.3 Å². The summed E-state index contributed by atoms with van der Waals surface area (Å²) in [4.78, 5) is 27.0. The van der Waals surface area contributed by atoms with E-state index in [9.17, 15) is 9.59 Å². The Morgan fingerprint density at radius 1 is 0.889 bits per heavy atom. The largest absolute Gasteiger partial charge is 0.481 e. The fraction of sp³-hybridized carbons (Fsp3) is 0.565. The van der Waals surface area contributed by atoms with Gasteiger partial charge in [0.25, 0.3) is 0 Å². The maximum Gasteiger partial charge on any atom is 0.303 e. The number of fused-ring (bicyclic) bond motifs is 1. The van der Waals surface area contributed by atoms with Gasteiger partial charge < -0.3 is 10.1 Å². The van der Waals surface area contributed by atoms with Crippen molar-refractivity contribution in [3.05, 3.63) is 35.5 Å². The van der Waals surface area contributed by atoms with Gasteiger partial charge in [-0.15, -0.1) is 0 Å². The van der Waals surface area contributed by atoms with Gasteiger partial charge in [-0.2, -0.15) is 0 Å². The fourth-order valence-electron chi connectivity index (χ4n) is 3.66. The number of nitrogens with one attached hydrogen (secondary N) is 1. The van der Waals surface area contributed by atoms with Crippen LogP contribution in [0.5, 0.6) is 0 Å². The number of hydrogen-bond donors (Lipinski definition) is 2. The Labute approximate surface area is 162 Å². The van der Waals surface area contributed by atoms with E-state index < -0.39 is 5.97 Å². The van der Waals surface area contributed by atoms with Crippen LogP contribution in [0.25, 0.3) is 10.9 Å². The van der Waals surface area contributed by atoms with Crippen molar-refractivity contribution in [2.24, 2.45) is 0 Å². The standard InChI is InChI=1S/C23H33NO3/c1-2-3-4-5-6-7-8-9-16-21(25)23-18-13-10-11-14-19(18)24-20(23)15-12-17-22(26)27/h10-11,13-14,24H,2-9,12,15-17H2,1H3,(H,26,27). The van der Waals surface area contributed by atoms with Crippen LogP contribution in [0.4, 0.5) is 0 Å². The van der Waals surface area contributed by atoms with E-state index in [0.717, 1.165) is 35.0 Å². The highest BCUT2D eigenvalue weighted by molar-refractivity contribution is 6.09. The van der Waals surface area contributed by atoms with Gasteiger partial charge in [-0.05, 0) is 25.3 Å². The topological polar surface area (TPSA) is 70.2 Å². The van der Waals surface area contributed by atoms with Crippen molar-refractivity contribution in [1.82, 2.24) is 4.98 Å². The zero-order chi connectivity index (χ0) is 19.5. The van der Waals surface area contributed by atoms with Crippen LogP contribution < -0.4 is 0 Å². The molecule has 2 aromatic rings. The smallest absolute Gasteiger partial charge is 0.303 e. The summed E-state index contributed by atoms with van der Waals surface area (Å²) in [5.74, 6) is -0.610. The number of H-pyrrole nitrogens is 1. The highest BCUT2D eigenvalue weighted by Gasteiger charge is 2.17. The molecule has 0 spiro atoms. The Balaban J connectivity index is 1.90.